The van der Waals surface area contributed by atoms with Crippen LogP contribution in [-0.2, 0) is 4.79 Å². The molecule has 1 fully saturated rings. The number of aromatic nitrogens is 2. The lowest BCUT2D eigenvalue weighted by molar-refractivity contribution is -0.138. The number of fused-ring (bicyclic) bond motifs is 1. The number of imidazole rings is 1. The maximum Gasteiger partial charge on any atom is 0.306 e. The van der Waals surface area contributed by atoms with Gasteiger partial charge in [0.2, 0.25) is 0 Å². The molecule has 1 heterocycles. The van der Waals surface area contributed by atoms with Gasteiger partial charge < -0.3 is 15.8 Å². The van der Waals surface area contributed by atoms with Gasteiger partial charge in [-0.15, -0.1) is 0 Å². The first kappa shape index (κ1) is 10.3. The molecule has 2 aromatic rings. The molecule has 3 unspecified atom stereocenters. The second-order valence-corrected chi connectivity index (χ2v) is 4.55. The Hall–Kier alpha value is -1.88. The van der Waals surface area contributed by atoms with Crippen LogP contribution in [0.3, 0.4) is 0 Å². The number of benzene rings is 1. The Morgan fingerprint density at radius 2 is 2.41 bits per heavy atom. The largest absolute Gasteiger partial charge is 0.481 e. The van der Waals surface area contributed by atoms with Gasteiger partial charge in [0, 0.05) is 6.04 Å². The molecule has 4 N–H and O–H groups in total. The van der Waals surface area contributed by atoms with Gasteiger partial charge in [-0.3, -0.25) is 4.79 Å². The molecule has 0 radical (unpaired) electrons. The molecule has 17 heavy (non-hydrogen) atoms. The van der Waals surface area contributed by atoms with Crippen molar-refractivity contribution in [1.29, 1.82) is 0 Å². The summed E-state index contributed by atoms with van der Waals surface area (Å²) in [7, 11) is 0. The first-order valence-corrected chi connectivity index (χ1v) is 5.58. The third-order valence-electron chi connectivity index (χ3n) is 3.45. The number of rotatable bonds is 3. The van der Waals surface area contributed by atoms with Gasteiger partial charge in [0.15, 0.2) is 0 Å². The highest BCUT2D eigenvalue weighted by Gasteiger charge is 2.47. The third-order valence-corrected chi connectivity index (χ3v) is 3.45. The average molecular weight is 231 g/mol. The molecule has 3 rings (SSSR count). The van der Waals surface area contributed by atoms with E-state index in [4.69, 9.17) is 10.8 Å². The number of hydrogen-bond donors (Lipinski definition) is 3. The number of nitrogens with zero attached hydrogens (tertiary/aromatic N) is 1. The summed E-state index contributed by atoms with van der Waals surface area (Å²) in [6, 6.07) is 5.57. The zero-order valence-corrected chi connectivity index (χ0v) is 9.13. The molecule has 3 atom stereocenters. The normalized spacial score (nSPS) is 24.8. The molecule has 1 aliphatic carbocycles. The van der Waals surface area contributed by atoms with Crippen LogP contribution in [0.1, 0.15) is 18.0 Å². The number of aliphatic carboxylic acids is 1. The van der Waals surface area contributed by atoms with Gasteiger partial charge in [-0.05, 0) is 30.0 Å². The molecule has 5 heteroatoms. The first-order valence-electron chi connectivity index (χ1n) is 5.58. The highest BCUT2D eigenvalue weighted by Crippen LogP contribution is 2.46. The maximum atomic E-state index is 10.8. The van der Waals surface area contributed by atoms with Crippen molar-refractivity contribution < 1.29 is 9.90 Å². The molecular formula is C12H13N3O2. The van der Waals surface area contributed by atoms with E-state index in [-0.39, 0.29) is 17.9 Å². The lowest BCUT2D eigenvalue weighted by atomic mass is 10.0. The summed E-state index contributed by atoms with van der Waals surface area (Å²) in [4.78, 5) is 18.0. The van der Waals surface area contributed by atoms with Crippen LogP contribution in [0.2, 0.25) is 0 Å². The Morgan fingerprint density at radius 3 is 3.12 bits per heavy atom. The minimum atomic E-state index is -0.743. The van der Waals surface area contributed by atoms with E-state index >= 15 is 0 Å². The van der Waals surface area contributed by atoms with Gasteiger partial charge in [0.05, 0.1) is 23.3 Å². The van der Waals surface area contributed by atoms with Crippen molar-refractivity contribution in [3.63, 3.8) is 0 Å². The Balaban J connectivity index is 1.86. The van der Waals surface area contributed by atoms with E-state index in [0.29, 0.717) is 6.42 Å². The lowest BCUT2D eigenvalue weighted by Gasteiger charge is -2.10. The van der Waals surface area contributed by atoms with E-state index in [0.717, 1.165) is 16.6 Å². The molecule has 5 nitrogen and oxygen atoms in total. The molecule has 1 aliphatic rings. The van der Waals surface area contributed by atoms with Crippen LogP contribution in [0, 0.1) is 11.8 Å². The van der Waals surface area contributed by atoms with Crippen LogP contribution in [0.15, 0.2) is 24.5 Å². The molecule has 0 bridgehead atoms. The maximum absolute atomic E-state index is 10.8. The zero-order chi connectivity index (χ0) is 12.0. The van der Waals surface area contributed by atoms with Crippen molar-refractivity contribution in [3.8, 4) is 0 Å². The van der Waals surface area contributed by atoms with E-state index in [1.807, 2.05) is 18.2 Å². The zero-order valence-electron chi connectivity index (χ0n) is 9.13. The van der Waals surface area contributed by atoms with Gasteiger partial charge in [-0.25, -0.2) is 4.98 Å². The fourth-order valence-corrected chi connectivity index (χ4v) is 2.30. The number of carboxylic acids is 1. The van der Waals surface area contributed by atoms with Crippen molar-refractivity contribution >= 4 is 17.0 Å². The number of carboxylic acid groups (broad SMARTS) is 1. The fraction of sp³-hybridized carbons (Fsp3) is 0.333. The van der Waals surface area contributed by atoms with Crippen molar-refractivity contribution in [2.24, 2.45) is 17.6 Å². The fourth-order valence-electron chi connectivity index (χ4n) is 2.30. The topological polar surface area (TPSA) is 92.0 Å². The molecule has 0 spiro atoms. The molecule has 1 aromatic heterocycles. The van der Waals surface area contributed by atoms with Crippen LogP contribution in [0.25, 0.3) is 11.0 Å². The van der Waals surface area contributed by atoms with Crippen LogP contribution >= 0.6 is 0 Å². The minimum absolute atomic E-state index is 0.0628. The van der Waals surface area contributed by atoms with E-state index < -0.39 is 5.97 Å². The van der Waals surface area contributed by atoms with Gasteiger partial charge in [-0.1, -0.05) is 6.07 Å². The quantitative estimate of drug-likeness (QED) is 0.742. The molecule has 1 saturated carbocycles. The third kappa shape index (κ3) is 1.68. The van der Waals surface area contributed by atoms with Crippen LogP contribution < -0.4 is 5.73 Å². The summed E-state index contributed by atoms with van der Waals surface area (Å²) in [5.41, 5.74) is 8.89. The van der Waals surface area contributed by atoms with Crippen molar-refractivity contribution in [2.45, 2.75) is 12.5 Å². The van der Waals surface area contributed by atoms with Crippen molar-refractivity contribution in [2.75, 3.05) is 0 Å². The highest BCUT2D eigenvalue weighted by molar-refractivity contribution is 5.76. The lowest BCUT2D eigenvalue weighted by Crippen LogP contribution is -2.15. The molecule has 88 valence electrons. The predicted molar refractivity (Wildman–Crippen MR) is 62.3 cm³/mol. The number of nitrogens with two attached hydrogens (primary N) is 1. The summed E-state index contributed by atoms with van der Waals surface area (Å²) in [6.07, 6.45) is 2.31. The second kappa shape index (κ2) is 3.56. The predicted octanol–water partition coefficient (Wildman–Crippen LogP) is 1.28. The molecule has 0 aliphatic heterocycles. The van der Waals surface area contributed by atoms with Crippen LogP contribution in [0.4, 0.5) is 0 Å². The average Bonchev–Trinajstić information content (AvgIpc) is 2.99. The second-order valence-electron chi connectivity index (χ2n) is 4.55. The van der Waals surface area contributed by atoms with Gasteiger partial charge >= 0.3 is 5.97 Å². The number of aromatic amines is 1. The number of carbonyl (C=O) groups is 1. The summed E-state index contributed by atoms with van der Waals surface area (Å²) >= 11 is 0. The van der Waals surface area contributed by atoms with Gasteiger partial charge in [-0.2, -0.15) is 0 Å². The molecule has 1 aromatic carbocycles. The minimum Gasteiger partial charge on any atom is -0.481 e. The van der Waals surface area contributed by atoms with Crippen LogP contribution in [0.5, 0.6) is 0 Å². The van der Waals surface area contributed by atoms with Gasteiger partial charge in [0.1, 0.15) is 0 Å². The standard InChI is InChI=1S/C12H13N3O2/c13-11(7-4-8(7)12(16)17)6-1-2-9-10(3-6)15-5-14-9/h1-3,5,7-8,11H,4,13H2,(H,14,15)(H,16,17). The van der Waals surface area contributed by atoms with Crippen molar-refractivity contribution in [1.82, 2.24) is 9.97 Å². The SMILES string of the molecule is NC(c1ccc2nc[nH]c2c1)C1CC1C(=O)O. The summed E-state index contributed by atoms with van der Waals surface area (Å²) < 4.78 is 0. The molecular weight excluding hydrogens is 218 g/mol. The Labute approximate surface area is 97.7 Å². The van der Waals surface area contributed by atoms with E-state index in [1.54, 1.807) is 6.33 Å². The Bertz CT molecular complexity index is 578. The van der Waals surface area contributed by atoms with E-state index in [2.05, 4.69) is 9.97 Å². The van der Waals surface area contributed by atoms with E-state index in [9.17, 15) is 4.79 Å². The first-order chi connectivity index (χ1) is 8.16. The summed E-state index contributed by atoms with van der Waals surface area (Å²) in [5.74, 6) is -0.955. The summed E-state index contributed by atoms with van der Waals surface area (Å²) in [6.45, 7) is 0. The number of nitrogens with one attached hydrogen (secondary N) is 1. The Kier molecular flexibility index (Phi) is 2.16. The van der Waals surface area contributed by atoms with Crippen LogP contribution in [-0.4, -0.2) is 21.0 Å². The number of H-pyrrole nitrogens is 1. The van der Waals surface area contributed by atoms with Gasteiger partial charge in [0.25, 0.3) is 0 Å². The smallest absolute Gasteiger partial charge is 0.306 e. The molecule has 0 amide bonds. The Morgan fingerprint density at radius 1 is 1.59 bits per heavy atom. The highest BCUT2D eigenvalue weighted by atomic mass is 16.4. The number of hydrogen-bond acceptors (Lipinski definition) is 3. The summed E-state index contributed by atoms with van der Waals surface area (Å²) in [5, 5.41) is 8.89. The van der Waals surface area contributed by atoms with Crippen molar-refractivity contribution in [3.05, 3.63) is 30.1 Å². The van der Waals surface area contributed by atoms with E-state index in [1.165, 1.54) is 0 Å². The molecule has 0 saturated heterocycles. The monoisotopic (exact) mass is 231 g/mol.